The summed E-state index contributed by atoms with van der Waals surface area (Å²) in [6, 6.07) is 8.23. The van der Waals surface area contributed by atoms with Crippen LogP contribution in [-0.4, -0.2) is 23.1 Å². The number of rotatable bonds is 4. The zero-order valence-corrected chi connectivity index (χ0v) is 15.3. The van der Waals surface area contributed by atoms with Gasteiger partial charge in [0.25, 0.3) is 0 Å². The largest absolute Gasteiger partial charge is 0.393 e. The minimum atomic E-state index is -0.506. The lowest BCUT2D eigenvalue weighted by molar-refractivity contribution is -0.410. The molecule has 2 heterocycles. The van der Waals surface area contributed by atoms with E-state index >= 15 is 0 Å². The van der Waals surface area contributed by atoms with Crippen LogP contribution < -0.4 is 0 Å². The lowest BCUT2D eigenvalue weighted by Crippen LogP contribution is -2.70. The second-order valence-electron chi connectivity index (χ2n) is 7.79. The first-order valence-electron chi connectivity index (χ1n) is 8.70. The van der Waals surface area contributed by atoms with Crippen molar-refractivity contribution in [3.05, 3.63) is 34.3 Å². The maximum Gasteiger partial charge on any atom is 0.169 e. The monoisotopic (exact) mass is 380 g/mol. The summed E-state index contributed by atoms with van der Waals surface area (Å²) in [6.07, 6.45) is 6.36. The van der Waals surface area contributed by atoms with E-state index in [2.05, 4.69) is 35.0 Å². The van der Waals surface area contributed by atoms with Crippen molar-refractivity contribution in [1.29, 1.82) is 0 Å². The summed E-state index contributed by atoms with van der Waals surface area (Å²) in [6.45, 7) is 3.00. The van der Waals surface area contributed by atoms with Crippen molar-refractivity contribution in [2.75, 3.05) is 6.61 Å². The van der Waals surface area contributed by atoms with Gasteiger partial charge in [-0.2, -0.15) is 0 Å². The lowest BCUT2D eigenvalue weighted by Gasteiger charge is -2.67. The van der Waals surface area contributed by atoms with Gasteiger partial charge >= 0.3 is 0 Å². The molecule has 2 saturated heterocycles. The van der Waals surface area contributed by atoms with Gasteiger partial charge in [0.15, 0.2) is 5.79 Å². The van der Waals surface area contributed by atoms with Gasteiger partial charge in [-0.1, -0.05) is 41.4 Å². The minimum absolute atomic E-state index is 0.112. The fourth-order valence-electron chi connectivity index (χ4n) is 5.21. The Labute approximate surface area is 146 Å². The van der Waals surface area contributed by atoms with E-state index in [0.29, 0.717) is 12.5 Å². The number of aliphatic hydroxyl groups excluding tert-OH is 1. The van der Waals surface area contributed by atoms with Crippen molar-refractivity contribution in [1.82, 2.24) is 0 Å². The Morgan fingerprint density at radius 2 is 2.22 bits per heavy atom. The zero-order valence-electron chi connectivity index (χ0n) is 13.7. The molecule has 4 bridgehead atoms. The van der Waals surface area contributed by atoms with E-state index < -0.39 is 11.4 Å². The fraction of sp³-hybridized carbons (Fsp3) is 0.684. The molecular formula is C19H25BrO3. The summed E-state index contributed by atoms with van der Waals surface area (Å²) in [5, 5.41) is 10.1. The Kier molecular flexibility index (Phi) is 3.88. The predicted octanol–water partition coefficient (Wildman–Crippen LogP) is 4.41. The maximum absolute atomic E-state index is 10.1. The van der Waals surface area contributed by atoms with Gasteiger partial charge in [-0.05, 0) is 42.9 Å². The molecule has 0 amide bonds. The van der Waals surface area contributed by atoms with Crippen molar-refractivity contribution in [2.45, 2.75) is 63.4 Å². The van der Waals surface area contributed by atoms with E-state index in [1.165, 1.54) is 6.42 Å². The van der Waals surface area contributed by atoms with E-state index in [1.807, 2.05) is 12.1 Å². The summed E-state index contributed by atoms with van der Waals surface area (Å²) in [5.74, 6) is 0.0990. The van der Waals surface area contributed by atoms with Crippen molar-refractivity contribution >= 4 is 15.9 Å². The Morgan fingerprint density at radius 3 is 3.00 bits per heavy atom. The van der Waals surface area contributed by atoms with Crippen LogP contribution in [0.3, 0.4) is 0 Å². The van der Waals surface area contributed by atoms with Crippen LogP contribution in [0.4, 0.5) is 0 Å². The highest BCUT2D eigenvalue weighted by Gasteiger charge is 2.67. The van der Waals surface area contributed by atoms with Crippen molar-refractivity contribution in [2.24, 2.45) is 11.3 Å². The Balaban J connectivity index is 1.57. The standard InChI is InChI=1S/C19H25BrO3/c1-17-8-9-19(22-12-14-4-2-6-16(20)10-14)11-15(17)5-3-7-18(17,13-21)23-19/h2,4,6,10,15,21H,3,5,7-9,11-13H2,1H3/t15?,17?,18-,19+/m0/s1. The first kappa shape index (κ1) is 16.1. The molecule has 2 unspecified atom stereocenters. The molecule has 2 aliphatic heterocycles. The second-order valence-corrected chi connectivity index (χ2v) is 8.71. The van der Waals surface area contributed by atoms with Crippen LogP contribution in [0.5, 0.6) is 0 Å². The normalized spacial score (nSPS) is 42.0. The molecule has 0 spiro atoms. The first-order valence-corrected chi connectivity index (χ1v) is 9.50. The maximum atomic E-state index is 10.1. The minimum Gasteiger partial charge on any atom is -0.393 e. The molecule has 1 aromatic rings. The van der Waals surface area contributed by atoms with Gasteiger partial charge in [-0.25, -0.2) is 0 Å². The molecule has 2 saturated carbocycles. The molecular weight excluding hydrogens is 356 g/mol. The third kappa shape index (κ3) is 2.41. The van der Waals surface area contributed by atoms with Crippen LogP contribution >= 0.6 is 15.9 Å². The van der Waals surface area contributed by atoms with Crippen LogP contribution in [0.25, 0.3) is 0 Å². The molecule has 2 aliphatic carbocycles. The van der Waals surface area contributed by atoms with Crippen molar-refractivity contribution < 1.29 is 14.6 Å². The average Bonchev–Trinajstić information content (AvgIpc) is 2.53. The Bertz CT molecular complexity index is 606. The number of aliphatic hydroxyl groups is 1. The molecule has 3 nitrogen and oxygen atoms in total. The van der Waals surface area contributed by atoms with Crippen LogP contribution in [0.2, 0.25) is 0 Å². The quantitative estimate of drug-likeness (QED) is 0.840. The number of fused-ring (bicyclic) bond motifs is 1. The molecule has 23 heavy (non-hydrogen) atoms. The van der Waals surface area contributed by atoms with Gasteiger partial charge in [0.05, 0.1) is 13.2 Å². The Hall–Kier alpha value is -0.420. The van der Waals surface area contributed by atoms with Crippen molar-refractivity contribution in [3.8, 4) is 0 Å². The first-order chi connectivity index (χ1) is 11.0. The van der Waals surface area contributed by atoms with Gasteiger partial charge < -0.3 is 14.6 Å². The Morgan fingerprint density at radius 1 is 1.35 bits per heavy atom. The van der Waals surface area contributed by atoms with Gasteiger partial charge in [0.1, 0.15) is 5.60 Å². The SMILES string of the molecule is CC12CC[C@]3(OCc4cccc(Br)c4)CC1CCC[C@@]2(CO)O3. The number of ether oxygens (including phenoxy) is 2. The lowest BCUT2D eigenvalue weighted by atomic mass is 9.50. The van der Waals surface area contributed by atoms with Gasteiger partial charge in [-0.3, -0.25) is 0 Å². The highest BCUT2D eigenvalue weighted by atomic mass is 79.9. The van der Waals surface area contributed by atoms with E-state index in [0.717, 1.165) is 42.1 Å². The predicted molar refractivity (Wildman–Crippen MR) is 91.9 cm³/mol. The summed E-state index contributed by atoms with van der Waals surface area (Å²) in [7, 11) is 0. The highest BCUT2D eigenvalue weighted by Crippen LogP contribution is 2.65. The van der Waals surface area contributed by atoms with E-state index in [4.69, 9.17) is 9.47 Å². The summed E-state index contributed by atoms with van der Waals surface area (Å²) < 4.78 is 14.0. The number of hydrogen-bond acceptors (Lipinski definition) is 3. The summed E-state index contributed by atoms with van der Waals surface area (Å²) >= 11 is 3.51. The fourth-order valence-corrected chi connectivity index (χ4v) is 5.65. The zero-order chi connectivity index (χ0) is 16.1. The van der Waals surface area contributed by atoms with E-state index in [9.17, 15) is 5.11 Å². The van der Waals surface area contributed by atoms with E-state index in [1.54, 1.807) is 0 Å². The molecule has 4 heteroatoms. The third-order valence-corrected chi connectivity index (χ3v) is 7.18. The smallest absolute Gasteiger partial charge is 0.169 e. The van der Waals surface area contributed by atoms with Gasteiger partial charge in [-0.15, -0.1) is 0 Å². The van der Waals surface area contributed by atoms with E-state index in [-0.39, 0.29) is 12.0 Å². The molecule has 4 fully saturated rings. The molecule has 0 radical (unpaired) electrons. The number of halogens is 1. The molecule has 4 atom stereocenters. The van der Waals surface area contributed by atoms with Crippen LogP contribution in [-0.2, 0) is 16.1 Å². The second kappa shape index (κ2) is 5.55. The highest BCUT2D eigenvalue weighted by molar-refractivity contribution is 9.10. The van der Waals surface area contributed by atoms with Gasteiger partial charge in [0.2, 0.25) is 0 Å². The molecule has 126 valence electrons. The molecule has 5 rings (SSSR count). The molecule has 1 N–H and O–H groups in total. The number of hydrogen-bond donors (Lipinski definition) is 1. The van der Waals surface area contributed by atoms with Crippen LogP contribution in [0.15, 0.2) is 28.7 Å². The average molecular weight is 381 g/mol. The van der Waals surface area contributed by atoms with Crippen molar-refractivity contribution in [3.63, 3.8) is 0 Å². The summed E-state index contributed by atoms with van der Waals surface area (Å²) in [5.41, 5.74) is 0.865. The number of benzene rings is 1. The van der Waals surface area contributed by atoms with Crippen LogP contribution in [0.1, 0.15) is 51.0 Å². The molecule has 0 aromatic heterocycles. The molecule has 4 aliphatic rings. The summed E-state index contributed by atoms with van der Waals surface area (Å²) in [4.78, 5) is 0. The van der Waals surface area contributed by atoms with Gasteiger partial charge in [0, 0.05) is 22.7 Å². The third-order valence-electron chi connectivity index (χ3n) is 6.69. The topological polar surface area (TPSA) is 38.7 Å². The molecule has 1 aromatic carbocycles. The van der Waals surface area contributed by atoms with Crippen LogP contribution in [0, 0.1) is 11.3 Å².